The molecule has 0 saturated heterocycles. The third kappa shape index (κ3) is 4.65. The van der Waals surface area contributed by atoms with Crippen molar-refractivity contribution in [3.63, 3.8) is 0 Å². The third-order valence-electron chi connectivity index (χ3n) is 4.05. The van der Waals surface area contributed by atoms with E-state index < -0.39 is 28.4 Å². The highest BCUT2D eigenvalue weighted by Gasteiger charge is 2.16. The standard InChI is InChI=1S/C20H18FNO5S/c1-26-19-9-6-14(10-18(19)21)13-27-20(23)12-22-28(24,25)17-8-7-15-4-2-3-5-16(15)11-17/h2-11,22H,12-13H2,1H3. The van der Waals surface area contributed by atoms with E-state index >= 15 is 0 Å². The topological polar surface area (TPSA) is 81.7 Å². The van der Waals surface area contributed by atoms with E-state index in [2.05, 4.69) is 4.72 Å². The number of sulfonamides is 1. The van der Waals surface area contributed by atoms with Crippen molar-refractivity contribution >= 4 is 26.8 Å². The number of methoxy groups -OCH3 is 1. The summed E-state index contributed by atoms with van der Waals surface area (Å²) in [5, 5.41) is 1.68. The van der Waals surface area contributed by atoms with Gasteiger partial charge in [0.2, 0.25) is 10.0 Å². The van der Waals surface area contributed by atoms with Gasteiger partial charge in [-0.1, -0.05) is 36.4 Å². The van der Waals surface area contributed by atoms with Crippen LogP contribution in [-0.4, -0.2) is 28.0 Å². The van der Waals surface area contributed by atoms with Crippen molar-refractivity contribution in [3.05, 3.63) is 72.0 Å². The van der Waals surface area contributed by atoms with Crippen LogP contribution in [-0.2, 0) is 26.2 Å². The average molecular weight is 403 g/mol. The SMILES string of the molecule is COc1ccc(COC(=O)CNS(=O)(=O)c2ccc3ccccc3c2)cc1F. The van der Waals surface area contributed by atoms with Gasteiger partial charge >= 0.3 is 5.97 Å². The number of fused-ring (bicyclic) bond motifs is 1. The van der Waals surface area contributed by atoms with E-state index in [1.807, 2.05) is 18.2 Å². The smallest absolute Gasteiger partial charge is 0.321 e. The van der Waals surface area contributed by atoms with Crippen molar-refractivity contribution in [1.82, 2.24) is 4.72 Å². The maximum Gasteiger partial charge on any atom is 0.321 e. The van der Waals surface area contributed by atoms with Gasteiger partial charge in [-0.05, 0) is 40.6 Å². The minimum absolute atomic E-state index is 0.0521. The molecule has 0 saturated carbocycles. The number of benzene rings is 3. The molecule has 0 amide bonds. The number of ether oxygens (including phenoxy) is 2. The Hall–Kier alpha value is -2.97. The zero-order chi connectivity index (χ0) is 20.1. The van der Waals surface area contributed by atoms with Gasteiger partial charge in [0.05, 0.1) is 12.0 Å². The highest BCUT2D eigenvalue weighted by molar-refractivity contribution is 7.89. The molecule has 146 valence electrons. The van der Waals surface area contributed by atoms with Crippen molar-refractivity contribution in [2.75, 3.05) is 13.7 Å². The number of hydrogen-bond donors (Lipinski definition) is 1. The summed E-state index contributed by atoms with van der Waals surface area (Å²) < 4.78 is 50.4. The number of rotatable bonds is 7. The van der Waals surface area contributed by atoms with Gasteiger partial charge in [-0.15, -0.1) is 0 Å². The number of nitrogens with one attached hydrogen (secondary N) is 1. The van der Waals surface area contributed by atoms with E-state index in [0.29, 0.717) is 5.56 Å². The maximum atomic E-state index is 13.6. The summed E-state index contributed by atoms with van der Waals surface area (Å²) in [6.07, 6.45) is 0. The second kappa shape index (κ2) is 8.37. The Kier molecular flexibility index (Phi) is 5.91. The minimum Gasteiger partial charge on any atom is -0.494 e. The van der Waals surface area contributed by atoms with Gasteiger partial charge in [-0.3, -0.25) is 4.79 Å². The Balaban J connectivity index is 1.59. The molecule has 1 N–H and O–H groups in total. The van der Waals surface area contributed by atoms with Crippen molar-refractivity contribution in [2.24, 2.45) is 0 Å². The Labute approximate surface area is 161 Å². The molecule has 0 heterocycles. The fraction of sp³-hybridized carbons (Fsp3) is 0.150. The lowest BCUT2D eigenvalue weighted by atomic mass is 10.1. The molecular formula is C20H18FNO5S. The van der Waals surface area contributed by atoms with Gasteiger partial charge in [-0.25, -0.2) is 12.8 Å². The number of carbonyl (C=O) groups is 1. The molecule has 28 heavy (non-hydrogen) atoms. The third-order valence-corrected chi connectivity index (χ3v) is 5.45. The molecule has 0 aliphatic rings. The second-order valence-corrected chi connectivity index (χ2v) is 7.73. The Morgan fingerprint density at radius 2 is 1.79 bits per heavy atom. The van der Waals surface area contributed by atoms with Gasteiger partial charge in [0, 0.05) is 0 Å². The Morgan fingerprint density at radius 3 is 2.50 bits per heavy atom. The molecule has 8 heteroatoms. The molecule has 3 aromatic rings. The van der Waals surface area contributed by atoms with E-state index in [-0.39, 0.29) is 17.3 Å². The molecule has 3 rings (SSSR count). The first-order valence-electron chi connectivity index (χ1n) is 8.35. The van der Waals surface area contributed by atoms with Gasteiger partial charge < -0.3 is 9.47 Å². The lowest BCUT2D eigenvalue weighted by molar-refractivity contribution is -0.143. The largest absolute Gasteiger partial charge is 0.494 e. The molecule has 0 unspecified atom stereocenters. The molecule has 0 atom stereocenters. The highest BCUT2D eigenvalue weighted by atomic mass is 32.2. The zero-order valence-corrected chi connectivity index (χ0v) is 15.8. The molecule has 0 bridgehead atoms. The number of hydrogen-bond acceptors (Lipinski definition) is 5. The summed E-state index contributed by atoms with van der Waals surface area (Å²) in [5.41, 5.74) is 0.420. The van der Waals surface area contributed by atoms with Crippen molar-refractivity contribution in [1.29, 1.82) is 0 Å². The number of halogens is 1. The van der Waals surface area contributed by atoms with Crippen molar-refractivity contribution < 1.29 is 27.1 Å². The Bertz CT molecular complexity index is 1110. The van der Waals surface area contributed by atoms with Crippen LogP contribution in [0.15, 0.2) is 65.6 Å². The normalized spacial score (nSPS) is 11.4. The van der Waals surface area contributed by atoms with Crippen LogP contribution < -0.4 is 9.46 Å². The van der Waals surface area contributed by atoms with E-state index in [1.165, 1.54) is 31.4 Å². The molecule has 0 aromatic heterocycles. The molecule has 6 nitrogen and oxygen atoms in total. The van der Waals surface area contributed by atoms with Crippen LogP contribution in [0.3, 0.4) is 0 Å². The van der Waals surface area contributed by atoms with Crippen LogP contribution in [0.5, 0.6) is 5.75 Å². The first kappa shape index (κ1) is 19.8. The molecule has 0 radical (unpaired) electrons. The first-order chi connectivity index (χ1) is 13.4. The van der Waals surface area contributed by atoms with E-state index in [4.69, 9.17) is 9.47 Å². The Morgan fingerprint density at radius 1 is 1.04 bits per heavy atom. The highest BCUT2D eigenvalue weighted by Crippen LogP contribution is 2.19. The second-order valence-electron chi connectivity index (χ2n) is 5.96. The summed E-state index contributed by atoms with van der Waals surface area (Å²) in [6, 6.07) is 16.2. The van der Waals surface area contributed by atoms with Crippen LogP contribution in [0.4, 0.5) is 4.39 Å². The molecule has 0 aliphatic carbocycles. The monoisotopic (exact) mass is 403 g/mol. The lowest BCUT2D eigenvalue weighted by Crippen LogP contribution is -2.30. The predicted octanol–water partition coefficient (Wildman–Crippen LogP) is 3.01. The van der Waals surface area contributed by atoms with Crippen LogP contribution in [0.2, 0.25) is 0 Å². The van der Waals surface area contributed by atoms with Crippen LogP contribution in [0.1, 0.15) is 5.56 Å². The van der Waals surface area contributed by atoms with Crippen molar-refractivity contribution in [3.8, 4) is 5.75 Å². The zero-order valence-electron chi connectivity index (χ0n) is 15.0. The van der Waals surface area contributed by atoms with Gasteiger partial charge in [0.25, 0.3) is 0 Å². The molecule has 0 spiro atoms. The van der Waals surface area contributed by atoms with E-state index in [1.54, 1.807) is 18.2 Å². The summed E-state index contributed by atoms with van der Waals surface area (Å²) in [4.78, 5) is 11.9. The molecule has 0 aliphatic heterocycles. The fourth-order valence-corrected chi connectivity index (χ4v) is 3.59. The predicted molar refractivity (Wildman–Crippen MR) is 102 cm³/mol. The fourth-order valence-electron chi connectivity index (χ4n) is 2.59. The summed E-state index contributed by atoms with van der Waals surface area (Å²) in [7, 11) is -2.53. The van der Waals surface area contributed by atoms with Crippen LogP contribution >= 0.6 is 0 Å². The minimum atomic E-state index is -3.87. The summed E-state index contributed by atoms with van der Waals surface area (Å²) in [6.45, 7) is -0.717. The van der Waals surface area contributed by atoms with Gasteiger partial charge in [-0.2, -0.15) is 4.72 Å². The number of carbonyl (C=O) groups excluding carboxylic acids is 1. The summed E-state index contributed by atoms with van der Waals surface area (Å²) in [5.74, 6) is -1.27. The van der Waals surface area contributed by atoms with E-state index in [9.17, 15) is 17.6 Å². The van der Waals surface area contributed by atoms with Crippen molar-refractivity contribution in [2.45, 2.75) is 11.5 Å². The van der Waals surface area contributed by atoms with Gasteiger partial charge in [0.15, 0.2) is 11.6 Å². The lowest BCUT2D eigenvalue weighted by Gasteiger charge is -2.09. The average Bonchev–Trinajstić information content (AvgIpc) is 2.70. The first-order valence-corrected chi connectivity index (χ1v) is 9.84. The summed E-state index contributed by atoms with van der Waals surface area (Å²) >= 11 is 0. The van der Waals surface area contributed by atoms with E-state index in [0.717, 1.165) is 10.8 Å². The van der Waals surface area contributed by atoms with Crippen LogP contribution in [0, 0.1) is 5.82 Å². The molecular weight excluding hydrogens is 385 g/mol. The van der Waals surface area contributed by atoms with Gasteiger partial charge in [0.1, 0.15) is 13.2 Å². The van der Waals surface area contributed by atoms with Crippen LogP contribution in [0.25, 0.3) is 10.8 Å². The number of esters is 1. The quantitative estimate of drug-likeness (QED) is 0.614. The molecule has 0 fully saturated rings. The molecule has 3 aromatic carbocycles. The maximum absolute atomic E-state index is 13.6.